The first-order valence-electron chi connectivity index (χ1n) is 5.67. The Labute approximate surface area is 125 Å². The Kier molecular flexibility index (Phi) is 4.32. The van der Waals surface area contributed by atoms with E-state index in [-0.39, 0.29) is 11.3 Å². The summed E-state index contributed by atoms with van der Waals surface area (Å²) in [7, 11) is 0. The normalized spacial score (nSPS) is 11.4. The molecule has 0 saturated heterocycles. The van der Waals surface area contributed by atoms with Crippen molar-refractivity contribution in [3.8, 4) is 5.75 Å². The number of rotatable bonds is 3. The predicted octanol–water partition coefficient (Wildman–Crippen LogP) is 4.32. The van der Waals surface area contributed by atoms with Crippen molar-refractivity contribution in [2.75, 3.05) is 0 Å². The maximum absolute atomic E-state index is 11.4. The Morgan fingerprint density at radius 2 is 1.70 bits per heavy atom. The van der Waals surface area contributed by atoms with E-state index in [0.717, 1.165) is 0 Å². The largest absolute Gasteiger partial charge is 0.508 e. The number of aliphatic carboxylic acids is 1. The van der Waals surface area contributed by atoms with E-state index >= 15 is 0 Å². The molecular formula is C15H10Cl2O3. The minimum absolute atomic E-state index is 0.0722. The molecule has 0 bridgehead atoms. The average Bonchev–Trinajstić information content (AvgIpc) is 2.39. The van der Waals surface area contributed by atoms with Crippen LogP contribution in [-0.2, 0) is 4.79 Å². The van der Waals surface area contributed by atoms with Gasteiger partial charge in [-0.1, -0.05) is 41.4 Å². The minimum Gasteiger partial charge on any atom is -0.508 e. The molecule has 0 atom stereocenters. The lowest BCUT2D eigenvalue weighted by Crippen LogP contribution is -1.99. The lowest BCUT2D eigenvalue weighted by atomic mass is 10.0. The first-order chi connectivity index (χ1) is 9.47. The van der Waals surface area contributed by atoms with Gasteiger partial charge in [-0.2, -0.15) is 0 Å². The molecule has 5 heteroatoms. The molecule has 0 heterocycles. The van der Waals surface area contributed by atoms with Crippen molar-refractivity contribution in [3.63, 3.8) is 0 Å². The van der Waals surface area contributed by atoms with Gasteiger partial charge < -0.3 is 10.2 Å². The Morgan fingerprint density at radius 1 is 1.05 bits per heavy atom. The molecule has 0 aromatic heterocycles. The van der Waals surface area contributed by atoms with E-state index in [4.69, 9.17) is 23.2 Å². The lowest BCUT2D eigenvalue weighted by molar-refractivity contribution is -0.130. The number of carboxylic acids is 1. The molecular weight excluding hydrogens is 299 g/mol. The van der Waals surface area contributed by atoms with Crippen LogP contribution in [0.25, 0.3) is 11.6 Å². The first kappa shape index (κ1) is 14.4. The molecule has 0 aliphatic carbocycles. The van der Waals surface area contributed by atoms with Crippen molar-refractivity contribution < 1.29 is 15.0 Å². The zero-order chi connectivity index (χ0) is 14.7. The summed E-state index contributed by atoms with van der Waals surface area (Å²) in [5.41, 5.74) is 1.11. The second-order valence-corrected chi connectivity index (χ2v) is 4.92. The molecule has 0 aliphatic heterocycles. The maximum Gasteiger partial charge on any atom is 0.336 e. The van der Waals surface area contributed by atoms with Crippen molar-refractivity contribution in [1.82, 2.24) is 0 Å². The van der Waals surface area contributed by atoms with Gasteiger partial charge in [0.1, 0.15) is 5.75 Å². The fourth-order valence-electron chi connectivity index (χ4n) is 1.68. The van der Waals surface area contributed by atoms with Crippen LogP contribution in [-0.4, -0.2) is 16.2 Å². The van der Waals surface area contributed by atoms with Gasteiger partial charge in [-0.15, -0.1) is 0 Å². The second-order valence-electron chi connectivity index (χ2n) is 4.08. The van der Waals surface area contributed by atoms with Crippen LogP contribution in [0.15, 0.2) is 42.5 Å². The monoisotopic (exact) mass is 308 g/mol. The number of aromatic hydroxyl groups is 1. The molecule has 2 aromatic rings. The van der Waals surface area contributed by atoms with Crippen LogP contribution < -0.4 is 0 Å². The minimum atomic E-state index is -1.08. The average molecular weight is 309 g/mol. The van der Waals surface area contributed by atoms with Crippen LogP contribution in [0.1, 0.15) is 11.1 Å². The van der Waals surface area contributed by atoms with Crippen LogP contribution in [0.5, 0.6) is 5.75 Å². The summed E-state index contributed by atoms with van der Waals surface area (Å²) >= 11 is 11.8. The molecule has 102 valence electrons. The SMILES string of the molecule is O=C(O)/C(=C\c1ccc(Cl)cc1Cl)c1ccc(O)cc1. The van der Waals surface area contributed by atoms with Gasteiger partial charge in [0.05, 0.1) is 5.57 Å². The van der Waals surface area contributed by atoms with Crippen LogP contribution in [0, 0.1) is 0 Å². The number of hydrogen-bond donors (Lipinski definition) is 2. The van der Waals surface area contributed by atoms with Gasteiger partial charge in [0.25, 0.3) is 0 Å². The van der Waals surface area contributed by atoms with Gasteiger partial charge >= 0.3 is 5.97 Å². The van der Waals surface area contributed by atoms with Crippen LogP contribution in [0.3, 0.4) is 0 Å². The number of halogens is 2. The highest BCUT2D eigenvalue weighted by Gasteiger charge is 2.11. The number of carboxylic acid groups (broad SMARTS) is 1. The van der Waals surface area contributed by atoms with Crippen LogP contribution >= 0.6 is 23.2 Å². The number of phenols is 1. The van der Waals surface area contributed by atoms with Gasteiger partial charge in [0, 0.05) is 10.0 Å². The molecule has 2 aromatic carbocycles. The molecule has 0 radical (unpaired) electrons. The van der Waals surface area contributed by atoms with E-state index in [1.165, 1.54) is 30.3 Å². The van der Waals surface area contributed by atoms with E-state index < -0.39 is 5.97 Å². The Hall–Kier alpha value is -1.97. The molecule has 20 heavy (non-hydrogen) atoms. The molecule has 2 N–H and O–H groups in total. The summed E-state index contributed by atoms with van der Waals surface area (Å²) in [4.78, 5) is 11.4. The Balaban J connectivity index is 2.50. The molecule has 0 unspecified atom stereocenters. The zero-order valence-corrected chi connectivity index (χ0v) is 11.7. The van der Waals surface area contributed by atoms with Crippen molar-refractivity contribution in [1.29, 1.82) is 0 Å². The van der Waals surface area contributed by atoms with E-state index in [0.29, 0.717) is 21.2 Å². The van der Waals surface area contributed by atoms with Gasteiger partial charge in [0.2, 0.25) is 0 Å². The predicted molar refractivity (Wildman–Crippen MR) is 80.1 cm³/mol. The standard InChI is InChI=1S/C15H10Cl2O3/c16-11-4-1-10(14(17)8-11)7-13(15(19)20)9-2-5-12(18)6-3-9/h1-8,18H,(H,19,20)/b13-7-. The van der Waals surface area contributed by atoms with Crippen molar-refractivity contribution >= 4 is 40.8 Å². The highest BCUT2D eigenvalue weighted by molar-refractivity contribution is 6.36. The molecule has 0 spiro atoms. The van der Waals surface area contributed by atoms with Crippen LogP contribution in [0.4, 0.5) is 0 Å². The van der Waals surface area contributed by atoms with E-state index in [2.05, 4.69) is 0 Å². The number of hydrogen-bond acceptors (Lipinski definition) is 2. The van der Waals surface area contributed by atoms with Gasteiger partial charge in [-0.05, 0) is 41.5 Å². The number of phenolic OH excluding ortho intramolecular Hbond substituents is 1. The fraction of sp³-hybridized carbons (Fsp3) is 0. The first-order valence-corrected chi connectivity index (χ1v) is 6.42. The molecule has 0 aliphatic rings. The topological polar surface area (TPSA) is 57.5 Å². The Morgan fingerprint density at radius 3 is 2.25 bits per heavy atom. The summed E-state index contributed by atoms with van der Waals surface area (Å²) in [6.45, 7) is 0. The van der Waals surface area contributed by atoms with Gasteiger partial charge in [-0.25, -0.2) is 4.79 Å². The number of carbonyl (C=O) groups is 1. The highest BCUT2D eigenvalue weighted by atomic mass is 35.5. The third kappa shape index (κ3) is 3.32. The molecule has 0 saturated carbocycles. The molecule has 0 fully saturated rings. The van der Waals surface area contributed by atoms with Crippen molar-refractivity contribution in [3.05, 3.63) is 63.6 Å². The van der Waals surface area contributed by atoms with Crippen molar-refractivity contribution in [2.45, 2.75) is 0 Å². The lowest BCUT2D eigenvalue weighted by Gasteiger charge is -2.05. The third-order valence-corrected chi connectivity index (χ3v) is 3.23. The van der Waals surface area contributed by atoms with E-state index in [1.54, 1.807) is 18.2 Å². The Bertz CT molecular complexity index is 676. The molecule has 0 amide bonds. The molecule has 3 nitrogen and oxygen atoms in total. The smallest absolute Gasteiger partial charge is 0.336 e. The van der Waals surface area contributed by atoms with E-state index in [9.17, 15) is 15.0 Å². The maximum atomic E-state index is 11.4. The highest BCUT2D eigenvalue weighted by Crippen LogP contribution is 2.26. The van der Waals surface area contributed by atoms with E-state index in [1.807, 2.05) is 0 Å². The van der Waals surface area contributed by atoms with Crippen LogP contribution in [0.2, 0.25) is 10.0 Å². The summed E-state index contributed by atoms with van der Waals surface area (Å²) < 4.78 is 0. The fourth-order valence-corrected chi connectivity index (χ4v) is 2.15. The third-order valence-electron chi connectivity index (χ3n) is 2.67. The summed E-state index contributed by atoms with van der Waals surface area (Å²) in [5, 5.41) is 19.4. The summed E-state index contributed by atoms with van der Waals surface area (Å²) in [6, 6.07) is 10.7. The summed E-state index contributed by atoms with van der Waals surface area (Å²) in [6.07, 6.45) is 1.47. The molecule has 2 rings (SSSR count). The summed E-state index contributed by atoms with van der Waals surface area (Å²) in [5.74, 6) is -1.01. The quantitative estimate of drug-likeness (QED) is 0.655. The van der Waals surface area contributed by atoms with Gasteiger partial charge in [0.15, 0.2) is 0 Å². The number of benzene rings is 2. The van der Waals surface area contributed by atoms with Crippen molar-refractivity contribution in [2.24, 2.45) is 0 Å². The van der Waals surface area contributed by atoms with Gasteiger partial charge in [-0.3, -0.25) is 0 Å². The second kappa shape index (κ2) is 5.99. The zero-order valence-electron chi connectivity index (χ0n) is 10.2.